The van der Waals surface area contributed by atoms with E-state index in [0.29, 0.717) is 0 Å². The van der Waals surface area contributed by atoms with E-state index in [-0.39, 0.29) is 4.90 Å². The van der Waals surface area contributed by atoms with Gasteiger partial charge in [0.15, 0.2) is 0 Å². The van der Waals surface area contributed by atoms with Crippen molar-refractivity contribution < 1.29 is 12.0 Å². The van der Waals surface area contributed by atoms with Gasteiger partial charge in [-0.2, -0.15) is 8.42 Å². The SMILES string of the molecule is CCCCc1ccc(S(OS(=O)(=O)c2ccc(C)cc2)(c2ccc(CCCC)cc2)c2ccc(CCCC)cc2)cc1. The number of hydrogen-bond donors (Lipinski definition) is 0. The van der Waals surface area contributed by atoms with Crippen molar-refractivity contribution >= 4 is 20.4 Å². The lowest BCUT2D eigenvalue weighted by Gasteiger charge is -2.39. The van der Waals surface area contributed by atoms with E-state index >= 15 is 0 Å². The molecule has 0 saturated heterocycles. The maximum Gasteiger partial charge on any atom is 0.307 e. The summed E-state index contributed by atoms with van der Waals surface area (Å²) in [4.78, 5) is 2.80. The van der Waals surface area contributed by atoms with Gasteiger partial charge in [-0.25, -0.2) is 3.63 Å². The van der Waals surface area contributed by atoms with Gasteiger partial charge in [-0.05, 0) is 121 Å². The van der Waals surface area contributed by atoms with E-state index in [0.717, 1.165) is 78.0 Å². The van der Waals surface area contributed by atoms with Crippen LogP contribution in [0.4, 0.5) is 0 Å². The maximum atomic E-state index is 14.1. The Labute approximate surface area is 256 Å². The van der Waals surface area contributed by atoms with Gasteiger partial charge in [0.05, 0.1) is 4.90 Å². The highest BCUT2D eigenvalue weighted by atomic mass is 32.3. The number of rotatable bonds is 15. The van der Waals surface area contributed by atoms with Crippen molar-refractivity contribution in [3.63, 3.8) is 0 Å². The summed E-state index contributed by atoms with van der Waals surface area (Å²) in [5.41, 5.74) is 4.75. The van der Waals surface area contributed by atoms with Crippen LogP contribution >= 0.6 is 10.3 Å². The first-order valence-electron chi connectivity index (χ1n) is 15.5. The van der Waals surface area contributed by atoms with Crippen LogP contribution in [0.15, 0.2) is 117 Å². The zero-order valence-electron chi connectivity index (χ0n) is 25.6. The van der Waals surface area contributed by atoms with Crippen molar-refractivity contribution in [2.75, 3.05) is 0 Å². The van der Waals surface area contributed by atoms with Gasteiger partial charge in [0.2, 0.25) is 0 Å². The fourth-order valence-electron chi connectivity index (χ4n) is 5.09. The molecule has 0 aliphatic heterocycles. The Morgan fingerprint density at radius 3 is 1.10 bits per heavy atom. The van der Waals surface area contributed by atoms with E-state index in [9.17, 15) is 8.42 Å². The highest BCUT2D eigenvalue weighted by Gasteiger charge is 2.38. The van der Waals surface area contributed by atoms with Gasteiger partial charge in [0.1, 0.15) is 0 Å². The molecule has 0 N–H and O–H groups in total. The van der Waals surface area contributed by atoms with Crippen LogP contribution in [0.1, 0.15) is 81.5 Å². The minimum Gasteiger partial charge on any atom is -0.203 e. The molecule has 0 aliphatic rings. The van der Waals surface area contributed by atoms with Crippen LogP contribution in [0.5, 0.6) is 0 Å². The molecule has 0 aromatic heterocycles. The van der Waals surface area contributed by atoms with E-state index in [1.54, 1.807) is 12.1 Å². The molecule has 4 aromatic carbocycles. The maximum absolute atomic E-state index is 14.1. The highest BCUT2D eigenvalue weighted by Crippen LogP contribution is 2.70. The first kappa shape index (κ1) is 32.1. The molecule has 224 valence electrons. The van der Waals surface area contributed by atoms with Crippen LogP contribution in [0.2, 0.25) is 0 Å². The van der Waals surface area contributed by atoms with E-state index in [1.807, 2.05) is 19.1 Å². The summed E-state index contributed by atoms with van der Waals surface area (Å²) in [5.74, 6) is 0. The van der Waals surface area contributed by atoms with Crippen molar-refractivity contribution in [1.29, 1.82) is 0 Å². The Morgan fingerprint density at radius 1 is 0.476 bits per heavy atom. The molecule has 4 rings (SSSR count). The molecule has 0 bridgehead atoms. The first-order valence-corrected chi connectivity index (χ1v) is 18.4. The number of benzene rings is 4. The molecule has 0 atom stereocenters. The standard InChI is InChI=1S/C37H46O3S2/c1-5-8-11-31-16-24-34(25-17-31)41(35-26-18-32(19-27-35)12-9-6-2,36-28-20-33(21-29-36)13-10-7-3)40-42(38,39)37-22-14-30(4)15-23-37/h14-29H,5-13H2,1-4H3. The number of hydrogen-bond acceptors (Lipinski definition) is 3. The summed E-state index contributed by atoms with van der Waals surface area (Å²) in [5, 5.41) is 0. The first-order chi connectivity index (χ1) is 20.3. The van der Waals surface area contributed by atoms with Gasteiger partial charge in [0, 0.05) is 14.7 Å². The molecule has 4 aromatic rings. The fraction of sp³-hybridized carbons (Fsp3) is 0.351. The molecule has 0 unspecified atom stereocenters. The monoisotopic (exact) mass is 602 g/mol. The minimum atomic E-state index is -4.11. The summed E-state index contributed by atoms with van der Waals surface area (Å²) in [6.45, 7) is 8.54. The molecule has 0 spiro atoms. The summed E-state index contributed by atoms with van der Waals surface area (Å²) >= 11 is 0. The molecule has 0 aliphatic carbocycles. The van der Waals surface area contributed by atoms with E-state index < -0.39 is 20.4 Å². The predicted octanol–water partition coefficient (Wildman–Crippen LogP) is 10.6. The Balaban J connectivity index is 1.93. The molecule has 42 heavy (non-hydrogen) atoms. The molecule has 0 saturated carbocycles. The quantitative estimate of drug-likeness (QED) is 0.136. The molecule has 0 radical (unpaired) electrons. The van der Waals surface area contributed by atoms with Crippen molar-refractivity contribution in [3.8, 4) is 0 Å². The zero-order chi connectivity index (χ0) is 30.0. The number of aryl methyl sites for hydroxylation is 4. The Kier molecular flexibility index (Phi) is 11.5. The molecular weight excluding hydrogens is 557 g/mol. The summed E-state index contributed by atoms with van der Waals surface area (Å²) in [6.07, 6.45) is 9.74. The normalized spacial score (nSPS) is 12.4. The smallest absolute Gasteiger partial charge is 0.203 e. The molecule has 5 heteroatoms. The lowest BCUT2D eigenvalue weighted by molar-refractivity contribution is 0.508. The van der Waals surface area contributed by atoms with Crippen LogP contribution in [0, 0.1) is 6.92 Å². The molecular formula is C37H46O3S2. The van der Waals surface area contributed by atoms with E-state index in [1.165, 1.54) is 16.7 Å². The van der Waals surface area contributed by atoms with Crippen molar-refractivity contribution in [3.05, 3.63) is 119 Å². The minimum absolute atomic E-state index is 0.170. The van der Waals surface area contributed by atoms with Gasteiger partial charge in [-0.3, -0.25) is 0 Å². The molecule has 3 nitrogen and oxygen atoms in total. The molecule has 0 heterocycles. The summed E-state index contributed by atoms with van der Waals surface area (Å²) in [7, 11) is -6.76. The van der Waals surface area contributed by atoms with Crippen LogP contribution in [-0.4, -0.2) is 8.42 Å². The van der Waals surface area contributed by atoms with Crippen molar-refractivity contribution in [1.82, 2.24) is 0 Å². The Hall–Kier alpha value is -2.86. The van der Waals surface area contributed by atoms with Gasteiger partial charge < -0.3 is 0 Å². The van der Waals surface area contributed by atoms with Crippen molar-refractivity contribution in [2.24, 2.45) is 0 Å². The number of unbranched alkanes of at least 4 members (excludes halogenated alkanes) is 3. The second kappa shape index (κ2) is 15.0. The second-order valence-electron chi connectivity index (χ2n) is 11.1. The lowest BCUT2D eigenvalue weighted by Crippen LogP contribution is -2.15. The predicted molar refractivity (Wildman–Crippen MR) is 177 cm³/mol. The largest absolute Gasteiger partial charge is 0.307 e. The van der Waals surface area contributed by atoms with Crippen LogP contribution < -0.4 is 0 Å². The summed E-state index contributed by atoms with van der Waals surface area (Å²) < 4.78 is 34.8. The van der Waals surface area contributed by atoms with Gasteiger partial charge in [0.25, 0.3) is 0 Å². The van der Waals surface area contributed by atoms with Gasteiger partial charge in [-0.1, -0.05) is 94.1 Å². The average molecular weight is 603 g/mol. The third-order valence-corrected chi connectivity index (χ3v) is 12.9. The Bertz CT molecular complexity index is 1360. The fourth-order valence-corrected chi connectivity index (χ4v) is 10.3. The van der Waals surface area contributed by atoms with Gasteiger partial charge in [-0.15, -0.1) is 0 Å². The highest BCUT2D eigenvalue weighted by molar-refractivity contribution is 8.33. The third kappa shape index (κ3) is 7.75. The van der Waals surface area contributed by atoms with E-state index in [4.69, 9.17) is 3.63 Å². The van der Waals surface area contributed by atoms with E-state index in [2.05, 4.69) is 93.6 Å². The zero-order valence-corrected chi connectivity index (χ0v) is 27.3. The van der Waals surface area contributed by atoms with Crippen LogP contribution in [0.25, 0.3) is 0 Å². The average Bonchev–Trinajstić information content (AvgIpc) is 3.01. The van der Waals surface area contributed by atoms with Crippen molar-refractivity contribution in [2.45, 2.75) is 105 Å². The lowest BCUT2D eigenvalue weighted by atomic mass is 10.1. The van der Waals surface area contributed by atoms with Crippen LogP contribution in [0.3, 0.4) is 0 Å². The molecule has 0 amide bonds. The third-order valence-electron chi connectivity index (χ3n) is 7.72. The second-order valence-corrected chi connectivity index (χ2v) is 15.6. The molecule has 0 fully saturated rings. The van der Waals surface area contributed by atoms with Gasteiger partial charge >= 0.3 is 10.1 Å². The van der Waals surface area contributed by atoms with Crippen LogP contribution in [-0.2, 0) is 33.0 Å². The topological polar surface area (TPSA) is 43.4 Å². The summed E-state index contributed by atoms with van der Waals surface area (Å²) in [6, 6.07) is 32.3. The Morgan fingerprint density at radius 2 is 0.786 bits per heavy atom.